The monoisotopic (exact) mass is 435 g/mol. The van der Waals surface area contributed by atoms with E-state index in [4.69, 9.17) is 14.7 Å². The lowest BCUT2D eigenvalue weighted by atomic mass is 10.0. The number of benzene rings is 1. The largest absolute Gasteiger partial charge is 0.497 e. The Hall–Kier alpha value is -3.03. The minimum absolute atomic E-state index is 0.368. The van der Waals surface area contributed by atoms with Gasteiger partial charge in [0.25, 0.3) is 0 Å². The fourth-order valence-corrected chi connectivity index (χ4v) is 3.60. The first-order valence-corrected chi connectivity index (χ1v) is 11.1. The lowest BCUT2D eigenvalue weighted by molar-refractivity contribution is 0.176. The first-order valence-electron chi connectivity index (χ1n) is 11.1. The third-order valence-electron chi connectivity index (χ3n) is 5.42. The molecule has 170 valence electrons. The number of nitrogens with zero attached hydrogens (tertiary/aromatic N) is 4. The molecule has 0 aliphatic heterocycles. The summed E-state index contributed by atoms with van der Waals surface area (Å²) in [5.41, 5.74) is 3.44. The smallest absolute Gasteiger partial charge is 0.163 e. The maximum absolute atomic E-state index is 10.9. The van der Waals surface area contributed by atoms with Gasteiger partial charge in [0.05, 0.1) is 13.2 Å². The number of aliphatic hydroxyl groups excluding tert-OH is 1. The van der Waals surface area contributed by atoms with Crippen LogP contribution in [0, 0.1) is 6.92 Å². The van der Waals surface area contributed by atoms with Gasteiger partial charge in [0.15, 0.2) is 5.82 Å². The molecule has 0 saturated heterocycles. The van der Waals surface area contributed by atoms with E-state index in [0.717, 1.165) is 60.1 Å². The molecule has 32 heavy (non-hydrogen) atoms. The highest BCUT2D eigenvalue weighted by Gasteiger charge is 2.15. The van der Waals surface area contributed by atoms with Gasteiger partial charge in [0.1, 0.15) is 11.6 Å². The third kappa shape index (κ3) is 6.48. The Labute approximate surface area is 190 Å². The number of methoxy groups -OCH3 is 1. The van der Waals surface area contributed by atoms with E-state index >= 15 is 0 Å². The summed E-state index contributed by atoms with van der Waals surface area (Å²) >= 11 is 0. The maximum atomic E-state index is 10.9. The van der Waals surface area contributed by atoms with Crippen LogP contribution in [0.1, 0.15) is 36.8 Å². The number of hydrogen-bond donors (Lipinski definition) is 2. The Morgan fingerprint density at radius 1 is 1.12 bits per heavy atom. The van der Waals surface area contributed by atoms with Crippen molar-refractivity contribution in [1.29, 1.82) is 0 Å². The van der Waals surface area contributed by atoms with Gasteiger partial charge in [-0.2, -0.15) is 0 Å². The third-order valence-corrected chi connectivity index (χ3v) is 5.42. The maximum Gasteiger partial charge on any atom is 0.163 e. The van der Waals surface area contributed by atoms with Gasteiger partial charge in [-0.1, -0.05) is 19.9 Å². The van der Waals surface area contributed by atoms with Crippen molar-refractivity contribution in [3.8, 4) is 17.1 Å². The lowest BCUT2D eigenvalue weighted by Gasteiger charge is -2.19. The molecule has 0 fully saturated rings. The van der Waals surface area contributed by atoms with Crippen LogP contribution in [-0.2, 0) is 6.42 Å². The van der Waals surface area contributed by atoms with Crippen molar-refractivity contribution < 1.29 is 9.84 Å². The predicted molar refractivity (Wildman–Crippen MR) is 128 cm³/mol. The number of rotatable bonds is 11. The van der Waals surface area contributed by atoms with Crippen LogP contribution in [0.2, 0.25) is 0 Å². The zero-order valence-electron chi connectivity index (χ0n) is 19.4. The van der Waals surface area contributed by atoms with Crippen molar-refractivity contribution >= 4 is 5.82 Å². The molecule has 0 aliphatic rings. The number of nitrogens with one attached hydrogen (secondary N) is 1. The number of aryl methyl sites for hydroxylation is 1. The molecule has 3 aromatic rings. The van der Waals surface area contributed by atoms with Crippen molar-refractivity contribution in [2.75, 3.05) is 38.6 Å². The van der Waals surface area contributed by atoms with Crippen molar-refractivity contribution in [1.82, 2.24) is 19.9 Å². The van der Waals surface area contributed by atoms with E-state index < -0.39 is 6.10 Å². The second-order valence-electron chi connectivity index (χ2n) is 7.77. The zero-order valence-corrected chi connectivity index (χ0v) is 19.4. The molecule has 2 aromatic heterocycles. The van der Waals surface area contributed by atoms with E-state index in [1.165, 1.54) is 0 Å². The molecule has 2 heterocycles. The predicted octanol–water partition coefficient (Wildman–Crippen LogP) is 3.89. The molecular formula is C25H33N5O2. The van der Waals surface area contributed by atoms with Crippen LogP contribution in [0.3, 0.4) is 0 Å². The minimum atomic E-state index is -0.705. The zero-order chi connectivity index (χ0) is 22.9. The van der Waals surface area contributed by atoms with Crippen LogP contribution in [0.25, 0.3) is 11.4 Å². The highest BCUT2D eigenvalue weighted by molar-refractivity contribution is 5.56. The van der Waals surface area contributed by atoms with Crippen LogP contribution < -0.4 is 10.1 Å². The SMILES string of the molecule is CCN(CC)CCNc1cc(CC(O)c2cc(C)cc(OC)c2)nc(-c2cccnc2)n1. The molecule has 2 N–H and O–H groups in total. The molecular weight excluding hydrogens is 402 g/mol. The van der Waals surface area contributed by atoms with Crippen LogP contribution in [0.4, 0.5) is 5.82 Å². The highest BCUT2D eigenvalue weighted by atomic mass is 16.5. The van der Waals surface area contributed by atoms with E-state index in [1.54, 1.807) is 19.5 Å². The summed E-state index contributed by atoms with van der Waals surface area (Å²) < 4.78 is 5.36. The van der Waals surface area contributed by atoms with Crippen LogP contribution in [0.5, 0.6) is 5.75 Å². The molecule has 0 saturated carbocycles. The summed E-state index contributed by atoms with van der Waals surface area (Å²) in [4.78, 5) is 16.0. The van der Waals surface area contributed by atoms with Crippen LogP contribution in [-0.4, -0.2) is 58.2 Å². The van der Waals surface area contributed by atoms with Gasteiger partial charge in [-0.25, -0.2) is 9.97 Å². The van der Waals surface area contributed by atoms with Crippen molar-refractivity contribution in [3.63, 3.8) is 0 Å². The summed E-state index contributed by atoms with van der Waals surface area (Å²) in [5.74, 6) is 2.07. The normalized spacial score (nSPS) is 12.1. The molecule has 1 unspecified atom stereocenters. The average Bonchev–Trinajstić information content (AvgIpc) is 2.82. The number of likely N-dealkylation sites (N-methyl/N-ethyl adjacent to an activating group) is 1. The van der Waals surface area contributed by atoms with Gasteiger partial charge in [-0.05, 0) is 55.4 Å². The molecule has 0 radical (unpaired) electrons. The van der Waals surface area contributed by atoms with Gasteiger partial charge in [-0.15, -0.1) is 0 Å². The standard InChI is InChI=1S/C25H33N5O2/c1-5-30(6-2)11-10-27-24-16-21(28-25(29-24)19-8-7-9-26-17-19)15-23(31)20-12-18(3)13-22(14-20)32-4/h7-9,12-14,16-17,23,31H,5-6,10-11,15H2,1-4H3,(H,27,28,29). The van der Waals surface area contributed by atoms with E-state index in [-0.39, 0.29) is 0 Å². The van der Waals surface area contributed by atoms with E-state index in [1.807, 2.05) is 43.3 Å². The van der Waals surface area contributed by atoms with Crippen molar-refractivity contribution in [3.05, 3.63) is 65.6 Å². The molecule has 0 spiro atoms. The molecule has 7 nitrogen and oxygen atoms in total. The number of hydrogen-bond acceptors (Lipinski definition) is 7. The fourth-order valence-electron chi connectivity index (χ4n) is 3.60. The van der Waals surface area contributed by atoms with Crippen molar-refractivity contribution in [2.45, 2.75) is 33.3 Å². The number of pyridine rings is 1. The second-order valence-corrected chi connectivity index (χ2v) is 7.77. The molecule has 1 aromatic carbocycles. The Morgan fingerprint density at radius 3 is 2.62 bits per heavy atom. The van der Waals surface area contributed by atoms with Gasteiger partial charge >= 0.3 is 0 Å². The lowest BCUT2D eigenvalue weighted by Crippen LogP contribution is -2.28. The second kappa shape index (κ2) is 11.5. The average molecular weight is 436 g/mol. The topological polar surface area (TPSA) is 83.4 Å². The van der Waals surface area contributed by atoms with Gasteiger partial charge in [-0.3, -0.25) is 4.98 Å². The van der Waals surface area contributed by atoms with Crippen molar-refractivity contribution in [2.24, 2.45) is 0 Å². The van der Waals surface area contributed by atoms with E-state index in [2.05, 4.69) is 29.0 Å². The van der Waals surface area contributed by atoms with Gasteiger partial charge < -0.3 is 20.1 Å². The Balaban J connectivity index is 1.84. The quantitative estimate of drug-likeness (QED) is 0.473. The minimum Gasteiger partial charge on any atom is -0.497 e. The summed E-state index contributed by atoms with van der Waals surface area (Å²) in [6, 6.07) is 11.5. The molecule has 0 amide bonds. The first kappa shape index (κ1) is 23.6. The summed E-state index contributed by atoms with van der Waals surface area (Å²) in [5, 5.41) is 14.3. The number of anilines is 1. The van der Waals surface area contributed by atoms with Crippen LogP contribution >= 0.6 is 0 Å². The van der Waals surface area contributed by atoms with E-state index in [9.17, 15) is 5.11 Å². The van der Waals surface area contributed by atoms with Gasteiger partial charge in [0.2, 0.25) is 0 Å². The van der Waals surface area contributed by atoms with Crippen LogP contribution in [0.15, 0.2) is 48.8 Å². The Bertz CT molecular complexity index is 993. The van der Waals surface area contributed by atoms with Gasteiger partial charge in [0, 0.05) is 49.2 Å². The Kier molecular flexibility index (Phi) is 8.53. The Morgan fingerprint density at radius 2 is 1.94 bits per heavy atom. The molecule has 7 heteroatoms. The molecule has 0 aliphatic carbocycles. The first-order chi connectivity index (χ1) is 15.5. The summed E-state index contributed by atoms with van der Waals surface area (Å²) in [6.45, 7) is 10.0. The molecule has 0 bridgehead atoms. The van der Waals surface area contributed by atoms with E-state index in [0.29, 0.717) is 12.2 Å². The summed E-state index contributed by atoms with van der Waals surface area (Å²) in [7, 11) is 1.63. The molecule has 1 atom stereocenters. The number of ether oxygens (including phenoxy) is 1. The summed E-state index contributed by atoms with van der Waals surface area (Å²) in [6.07, 6.45) is 3.14. The fraction of sp³-hybridized carbons (Fsp3) is 0.400. The molecule has 3 rings (SSSR count). The number of aliphatic hydroxyl groups is 1. The highest BCUT2D eigenvalue weighted by Crippen LogP contribution is 2.25. The number of aromatic nitrogens is 3.